The Balaban J connectivity index is 1.52. The molecule has 0 amide bonds. The Bertz CT molecular complexity index is 2460. The zero-order valence-corrected chi connectivity index (χ0v) is 21.5. The molecule has 39 heavy (non-hydrogen) atoms. The number of halogens is 1. The Hall–Kier alpha value is -4.79. The van der Waals surface area contributed by atoms with Gasteiger partial charge in [0.25, 0.3) is 0 Å². The molecule has 0 aliphatic rings. The summed E-state index contributed by atoms with van der Waals surface area (Å²) in [6.45, 7) is 0. The van der Waals surface area contributed by atoms with Crippen LogP contribution < -0.4 is 0 Å². The van der Waals surface area contributed by atoms with Crippen molar-refractivity contribution in [3.8, 4) is 5.69 Å². The van der Waals surface area contributed by atoms with Crippen molar-refractivity contribution in [2.24, 2.45) is 0 Å². The maximum atomic E-state index is 6.73. The van der Waals surface area contributed by atoms with Gasteiger partial charge in [0.05, 0.1) is 21.7 Å². The van der Waals surface area contributed by atoms with E-state index in [0.29, 0.717) is 5.02 Å². The molecule has 7 aromatic carbocycles. The van der Waals surface area contributed by atoms with Crippen molar-refractivity contribution >= 4 is 87.7 Å². The molecule has 9 rings (SSSR count). The van der Waals surface area contributed by atoms with Crippen LogP contribution in [0.1, 0.15) is 0 Å². The number of nitrogens with zero attached hydrogens (tertiary/aromatic N) is 1. The Morgan fingerprint density at radius 3 is 2.10 bits per heavy atom. The van der Waals surface area contributed by atoms with Gasteiger partial charge in [-0.15, -0.1) is 0 Å². The van der Waals surface area contributed by atoms with E-state index >= 15 is 0 Å². The molecule has 0 aliphatic carbocycles. The molecule has 2 nitrogen and oxygen atoms in total. The van der Waals surface area contributed by atoms with E-state index < -0.39 is 0 Å². The molecule has 182 valence electrons. The molecule has 0 unspecified atom stereocenters. The van der Waals surface area contributed by atoms with Crippen molar-refractivity contribution in [1.82, 2.24) is 4.57 Å². The van der Waals surface area contributed by atoms with E-state index in [9.17, 15) is 0 Å². The maximum absolute atomic E-state index is 6.73. The van der Waals surface area contributed by atoms with Crippen LogP contribution in [0, 0.1) is 0 Å². The van der Waals surface area contributed by atoms with Crippen molar-refractivity contribution in [1.29, 1.82) is 0 Å². The van der Waals surface area contributed by atoms with E-state index in [1.165, 1.54) is 43.4 Å². The van der Waals surface area contributed by atoms with Crippen LogP contribution >= 0.6 is 11.6 Å². The molecule has 9 aromatic rings. The number of fused-ring (bicyclic) bond motifs is 11. The normalized spacial score (nSPS) is 12.2. The van der Waals surface area contributed by atoms with Crippen molar-refractivity contribution < 1.29 is 4.42 Å². The summed E-state index contributed by atoms with van der Waals surface area (Å²) < 4.78 is 8.68. The molecule has 0 spiro atoms. The highest BCUT2D eigenvalue weighted by molar-refractivity contribution is 6.39. The third-order valence-electron chi connectivity index (χ3n) is 8.21. The molecule has 0 N–H and O–H groups in total. The molecule has 0 saturated heterocycles. The number of hydrogen-bond donors (Lipinski definition) is 0. The van der Waals surface area contributed by atoms with E-state index in [-0.39, 0.29) is 0 Å². The average molecular weight is 518 g/mol. The lowest BCUT2D eigenvalue weighted by Crippen LogP contribution is -1.96. The SMILES string of the molecule is Clc1cccc2oc3ccc4c(-n5c6cc7ccccc7cc6c6ccc7ccccc7c65)cccc4c3c12. The molecule has 0 aliphatic heterocycles. The molecule has 2 heterocycles. The lowest BCUT2D eigenvalue weighted by atomic mass is 10.0. The summed E-state index contributed by atoms with van der Waals surface area (Å²) in [5, 5.41) is 12.5. The number of furan rings is 1. The lowest BCUT2D eigenvalue weighted by molar-refractivity contribution is 0.669. The van der Waals surface area contributed by atoms with E-state index in [1.807, 2.05) is 18.2 Å². The van der Waals surface area contributed by atoms with Gasteiger partial charge in [0, 0.05) is 32.3 Å². The molecule has 3 heteroatoms. The van der Waals surface area contributed by atoms with Gasteiger partial charge in [-0.25, -0.2) is 0 Å². The number of hydrogen-bond acceptors (Lipinski definition) is 1. The first-order chi connectivity index (χ1) is 19.3. The quantitative estimate of drug-likeness (QED) is 0.212. The van der Waals surface area contributed by atoms with Crippen LogP contribution in [0.15, 0.2) is 126 Å². The van der Waals surface area contributed by atoms with Crippen LogP contribution in [0.5, 0.6) is 0 Å². The summed E-state index contributed by atoms with van der Waals surface area (Å²) >= 11 is 6.73. The van der Waals surface area contributed by atoms with Crippen molar-refractivity contribution in [2.45, 2.75) is 0 Å². The van der Waals surface area contributed by atoms with Gasteiger partial charge >= 0.3 is 0 Å². The first kappa shape index (κ1) is 21.2. The first-order valence-corrected chi connectivity index (χ1v) is 13.5. The number of aromatic nitrogens is 1. The van der Waals surface area contributed by atoms with Gasteiger partial charge in [-0.05, 0) is 64.0 Å². The fourth-order valence-electron chi connectivity index (χ4n) is 6.52. The molecule has 2 aromatic heterocycles. The first-order valence-electron chi connectivity index (χ1n) is 13.1. The average Bonchev–Trinajstić information content (AvgIpc) is 3.52. The highest BCUT2D eigenvalue weighted by Crippen LogP contribution is 2.43. The molecule has 0 fully saturated rings. The van der Waals surface area contributed by atoms with Gasteiger partial charge in [0.15, 0.2) is 0 Å². The van der Waals surface area contributed by atoms with Crippen molar-refractivity contribution in [3.63, 3.8) is 0 Å². The second kappa shape index (κ2) is 7.63. The van der Waals surface area contributed by atoms with Crippen LogP contribution in [0.2, 0.25) is 5.02 Å². The van der Waals surface area contributed by atoms with E-state index in [4.69, 9.17) is 16.0 Å². The molecular weight excluding hydrogens is 498 g/mol. The number of rotatable bonds is 1. The molecule has 0 bridgehead atoms. The molecule has 0 atom stereocenters. The van der Waals surface area contributed by atoms with E-state index in [0.717, 1.165) is 38.4 Å². The third-order valence-corrected chi connectivity index (χ3v) is 8.52. The lowest BCUT2D eigenvalue weighted by Gasteiger charge is -2.14. The Morgan fingerprint density at radius 2 is 1.21 bits per heavy atom. The largest absolute Gasteiger partial charge is 0.456 e. The third kappa shape index (κ3) is 2.81. The van der Waals surface area contributed by atoms with Gasteiger partial charge in [0.2, 0.25) is 0 Å². The standard InChI is InChI=1S/C36H20ClNO/c37-29-12-6-14-32-35(29)34-26-11-5-13-30(25(26)17-18-33(34)39-32)38-31-20-23-9-2-1-8-22(23)19-28(31)27-16-15-21-7-3-4-10-24(21)36(27)38/h1-20H. The van der Waals surface area contributed by atoms with Crippen LogP contribution in [0.4, 0.5) is 0 Å². The van der Waals surface area contributed by atoms with Gasteiger partial charge < -0.3 is 8.98 Å². The summed E-state index contributed by atoms with van der Waals surface area (Å²) in [5.41, 5.74) is 5.22. The topological polar surface area (TPSA) is 18.1 Å². The zero-order chi connectivity index (χ0) is 25.7. The number of benzene rings is 7. The zero-order valence-electron chi connectivity index (χ0n) is 20.8. The molecule has 0 radical (unpaired) electrons. The fourth-order valence-corrected chi connectivity index (χ4v) is 6.78. The summed E-state index contributed by atoms with van der Waals surface area (Å²) in [7, 11) is 0. The summed E-state index contributed by atoms with van der Waals surface area (Å²) in [6, 6.07) is 43.2. The summed E-state index contributed by atoms with van der Waals surface area (Å²) in [4.78, 5) is 0. The second-order valence-corrected chi connectivity index (χ2v) is 10.7. The van der Waals surface area contributed by atoms with Crippen molar-refractivity contribution in [2.75, 3.05) is 0 Å². The Morgan fingerprint density at radius 1 is 0.487 bits per heavy atom. The smallest absolute Gasteiger partial charge is 0.136 e. The van der Waals surface area contributed by atoms with Crippen LogP contribution in [0.3, 0.4) is 0 Å². The Labute approximate surface area is 228 Å². The van der Waals surface area contributed by atoms with Crippen LogP contribution in [-0.2, 0) is 0 Å². The maximum Gasteiger partial charge on any atom is 0.136 e. The van der Waals surface area contributed by atoms with Crippen LogP contribution in [0.25, 0.3) is 81.7 Å². The highest BCUT2D eigenvalue weighted by atomic mass is 35.5. The minimum atomic E-state index is 0.707. The summed E-state index contributed by atoms with van der Waals surface area (Å²) in [6.07, 6.45) is 0. The monoisotopic (exact) mass is 517 g/mol. The van der Waals surface area contributed by atoms with Crippen molar-refractivity contribution in [3.05, 3.63) is 126 Å². The van der Waals surface area contributed by atoms with Gasteiger partial charge in [0.1, 0.15) is 11.2 Å². The fraction of sp³-hybridized carbons (Fsp3) is 0. The van der Waals surface area contributed by atoms with E-state index in [1.54, 1.807) is 0 Å². The minimum Gasteiger partial charge on any atom is -0.456 e. The van der Waals surface area contributed by atoms with Gasteiger partial charge in [-0.1, -0.05) is 90.5 Å². The Kier molecular flexibility index (Phi) is 4.14. The minimum absolute atomic E-state index is 0.707. The predicted molar refractivity (Wildman–Crippen MR) is 166 cm³/mol. The molecule has 0 saturated carbocycles. The van der Waals surface area contributed by atoms with Crippen LogP contribution in [-0.4, -0.2) is 4.57 Å². The van der Waals surface area contributed by atoms with Gasteiger partial charge in [-0.2, -0.15) is 0 Å². The van der Waals surface area contributed by atoms with E-state index in [2.05, 4.69) is 108 Å². The summed E-state index contributed by atoms with van der Waals surface area (Å²) in [5.74, 6) is 0. The molecular formula is C36H20ClNO. The highest BCUT2D eigenvalue weighted by Gasteiger charge is 2.19. The predicted octanol–water partition coefficient (Wildman–Crippen LogP) is 10.8. The van der Waals surface area contributed by atoms with Gasteiger partial charge in [-0.3, -0.25) is 0 Å². The second-order valence-electron chi connectivity index (χ2n) is 10.3.